The largest absolute Gasteiger partial charge is 0.494 e. The minimum Gasteiger partial charge on any atom is -0.494 e. The zero-order valence-electron chi connectivity index (χ0n) is 14.9. The second kappa shape index (κ2) is 8.47. The predicted molar refractivity (Wildman–Crippen MR) is 99.0 cm³/mol. The Morgan fingerprint density at radius 2 is 2.08 bits per heavy atom. The number of ether oxygens (including phenoxy) is 1. The van der Waals surface area contributed by atoms with Crippen LogP contribution in [0.4, 0.5) is 5.69 Å². The van der Waals surface area contributed by atoms with Gasteiger partial charge in [0, 0.05) is 43.5 Å². The molecular weight excluding hydrogens is 330 g/mol. The molecule has 1 N–H and O–H groups in total. The smallest absolute Gasteiger partial charge is 0.227 e. The lowest BCUT2D eigenvalue weighted by molar-refractivity contribution is -0.126. The van der Waals surface area contributed by atoms with E-state index in [1.165, 1.54) is 0 Å². The van der Waals surface area contributed by atoms with Gasteiger partial charge in [-0.3, -0.25) is 14.6 Å². The van der Waals surface area contributed by atoms with Crippen LogP contribution in [0.3, 0.4) is 0 Å². The van der Waals surface area contributed by atoms with Crippen LogP contribution in [-0.2, 0) is 16.0 Å². The van der Waals surface area contributed by atoms with Gasteiger partial charge in [-0.1, -0.05) is 6.07 Å². The molecule has 3 rings (SSSR count). The maximum absolute atomic E-state index is 12.4. The topological polar surface area (TPSA) is 71.5 Å². The molecule has 0 spiro atoms. The van der Waals surface area contributed by atoms with Crippen LogP contribution < -0.4 is 15.0 Å². The fourth-order valence-corrected chi connectivity index (χ4v) is 3.03. The molecule has 1 aromatic heterocycles. The number of pyridine rings is 1. The third-order valence-electron chi connectivity index (χ3n) is 4.36. The maximum Gasteiger partial charge on any atom is 0.227 e. The van der Waals surface area contributed by atoms with Gasteiger partial charge in [-0.05, 0) is 43.3 Å². The molecule has 136 valence electrons. The van der Waals surface area contributed by atoms with E-state index in [0.717, 1.165) is 17.1 Å². The van der Waals surface area contributed by atoms with Crippen molar-refractivity contribution in [3.8, 4) is 5.75 Å². The lowest BCUT2D eigenvalue weighted by Gasteiger charge is -2.17. The molecule has 26 heavy (non-hydrogen) atoms. The number of hydrogen-bond donors (Lipinski definition) is 1. The number of carbonyl (C=O) groups is 2. The average Bonchev–Trinajstić information content (AvgIpc) is 3.05. The molecule has 0 aliphatic carbocycles. The highest BCUT2D eigenvalue weighted by Gasteiger charge is 2.34. The molecule has 0 saturated carbocycles. The van der Waals surface area contributed by atoms with Crippen LogP contribution in [0.15, 0.2) is 48.7 Å². The summed E-state index contributed by atoms with van der Waals surface area (Å²) >= 11 is 0. The quantitative estimate of drug-likeness (QED) is 0.828. The van der Waals surface area contributed by atoms with Gasteiger partial charge in [0.05, 0.1) is 12.5 Å². The van der Waals surface area contributed by atoms with Crippen molar-refractivity contribution >= 4 is 17.5 Å². The number of anilines is 1. The highest BCUT2D eigenvalue weighted by Crippen LogP contribution is 2.27. The fraction of sp³-hybridized carbons (Fsp3) is 0.350. The van der Waals surface area contributed by atoms with Gasteiger partial charge < -0.3 is 15.0 Å². The van der Waals surface area contributed by atoms with E-state index in [1.54, 1.807) is 11.1 Å². The van der Waals surface area contributed by atoms with E-state index in [9.17, 15) is 9.59 Å². The number of aromatic nitrogens is 1. The van der Waals surface area contributed by atoms with E-state index >= 15 is 0 Å². The molecule has 0 bridgehead atoms. The van der Waals surface area contributed by atoms with Crippen molar-refractivity contribution in [2.75, 3.05) is 24.6 Å². The number of nitrogens with one attached hydrogen (secondary N) is 1. The van der Waals surface area contributed by atoms with E-state index in [0.29, 0.717) is 26.1 Å². The molecule has 2 amide bonds. The summed E-state index contributed by atoms with van der Waals surface area (Å²) in [6, 6.07) is 13.1. The lowest BCUT2D eigenvalue weighted by atomic mass is 10.1. The number of rotatable bonds is 7. The number of hydrogen-bond acceptors (Lipinski definition) is 4. The zero-order valence-corrected chi connectivity index (χ0v) is 14.9. The summed E-state index contributed by atoms with van der Waals surface area (Å²) in [6.45, 7) is 3.45. The first-order valence-electron chi connectivity index (χ1n) is 8.88. The Bertz CT molecular complexity index is 747. The summed E-state index contributed by atoms with van der Waals surface area (Å²) in [7, 11) is 0. The van der Waals surface area contributed by atoms with E-state index in [2.05, 4.69) is 10.3 Å². The van der Waals surface area contributed by atoms with Gasteiger partial charge >= 0.3 is 0 Å². The number of nitrogens with zero attached hydrogens (tertiary/aromatic N) is 2. The van der Waals surface area contributed by atoms with Crippen LogP contribution in [0, 0.1) is 5.92 Å². The Kier molecular flexibility index (Phi) is 5.84. The van der Waals surface area contributed by atoms with Crippen molar-refractivity contribution in [2.24, 2.45) is 5.92 Å². The molecule has 1 aliphatic heterocycles. The van der Waals surface area contributed by atoms with Crippen LogP contribution in [0.1, 0.15) is 19.0 Å². The standard InChI is InChI=1S/C20H23N3O3/c1-2-26-18-8-6-17(7-9-18)23-14-15(13-19(23)24)20(25)22-12-10-16-5-3-4-11-21-16/h3-9,11,15H,2,10,12-14H2,1H3,(H,22,25). The van der Waals surface area contributed by atoms with E-state index in [4.69, 9.17) is 4.74 Å². The second-order valence-electron chi connectivity index (χ2n) is 6.19. The minimum absolute atomic E-state index is 0.0287. The van der Waals surface area contributed by atoms with E-state index < -0.39 is 0 Å². The van der Waals surface area contributed by atoms with Crippen molar-refractivity contribution in [1.82, 2.24) is 10.3 Å². The molecule has 2 heterocycles. The average molecular weight is 353 g/mol. The zero-order chi connectivity index (χ0) is 18.4. The predicted octanol–water partition coefficient (Wildman–Crippen LogP) is 2.19. The molecule has 1 aromatic carbocycles. The molecular formula is C20H23N3O3. The SMILES string of the molecule is CCOc1ccc(N2CC(C(=O)NCCc3ccccn3)CC2=O)cc1. The molecule has 2 aromatic rings. The molecule has 0 radical (unpaired) electrons. The second-order valence-corrected chi connectivity index (χ2v) is 6.19. The molecule has 6 nitrogen and oxygen atoms in total. The first-order chi connectivity index (χ1) is 12.7. The Balaban J connectivity index is 1.52. The Morgan fingerprint density at radius 1 is 1.27 bits per heavy atom. The van der Waals surface area contributed by atoms with Gasteiger partial charge in [0.1, 0.15) is 5.75 Å². The summed E-state index contributed by atoms with van der Waals surface area (Å²) in [5.74, 6) is 0.339. The summed E-state index contributed by atoms with van der Waals surface area (Å²) in [6.07, 6.45) is 2.65. The van der Waals surface area contributed by atoms with Gasteiger partial charge in [-0.15, -0.1) is 0 Å². The Morgan fingerprint density at radius 3 is 2.77 bits per heavy atom. The maximum atomic E-state index is 12.4. The molecule has 1 saturated heterocycles. The normalized spacial score (nSPS) is 16.6. The van der Waals surface area contributed by atoms with Crippen molar-refractivity contribution in [2.45, 2.75) is 19.8 Å². The highest BCUT2D eigenvalue weighted by molar-refractivity contribution is 6.00. The van der Waals surface area contributed by atoms with Crippen molar-refractivity contribution in [1.29, 1.82) is 0 Å². The highest BCUT2D eigenvalue weighted by atomic mass is 16.5. The van der Waals surface area contributed by atoms with Crippen molar-refractivity contribution in [3.63, 3.8) is 0 Å². The Hall–Kier alpha value is -2.89. The number of amides is 2. The summed E-state index contributed by atoms with van der Waals surface area (Å²) in [5.41, 5.74) is 1.73. The van der Waals surface area contributed by atoms with E-state index in [1.807, 2.05) is 49.4 Å². The third-order valence-corrected chi connectivity index (χ3v) is 4.36. The molecule has 1 unspecified atom stereocenters. The van der Waals surface area contributed by atoms with Crippen LogP contribution in [-0.4, -0.2) is 36.5 Å². The molecule has 1 fully saturated rings. The van der Waals surface area contributed by atoms with Gasteiger partial charge in [-0.2, -0.15) is 0 Å². The summed E-state index contributed by atoms with van der Waals surface area (Å²) in [4.78, 5) is 30.6. The van der Waals surface area contributed by atoms with Gasteiger partial charge in [0.2, 0.25) is 11.8 Å². The van der Waals surface area contributed by atoms with Crippen LogP contribution in [0.25, 0.3) is 0 Å². The molecule has 1 atom stereocenters. The Labute approximate surface area is 153 Å². The van der Waals surface area contributed by atoms with Crippen LogP contribution in [0.2, 0.25) is 0 Å². The minimum atomic E-state index is -0.321. The first-order valence-corrected chi connectivity index (χ1v) is 8.88. The van der Waals surface area contributed by atoms with Crippen LogP contribution >= 0.6 is 0 Å². The van der Waals surface area contributed by atoms with Crippen LogP contribution in [0.5, 0.6) is 5.75 Å². The summed E-state index contributed by atoms with van der Waals surface area (Å²) < 4.78 is 5.42. The van der Waals surface area contributed by atoms with Gasteiger partial charge in [-0.25, -0.2) is 0 Å². The number of carbonyl (C=O) groups excluding carboxylic acids is 2. The van der Waals surface area contributed by atoms with Gasteiger partial charge in [0.25, 0.3) is 0 Å². The van der Waals surface area contributed by atoms with Crippen molar-refractivity contribution in [3.05, 3.63) is 54.4 Å². The van der Waals surface area contributed by atoms with E-state index in [-0.39, 0.29) is 24.2 Å². The fourth-order valence-electron chi connectivity index (χ4n) is 3.03. The lowest BCUT2D eigenvalue weighted by Crippen LogP contribution is -2.34. The monoisotopic (exact) mass is 353 g/mol. The number of benzene rings is 1. The molecule has 6 heteroatoms. The first kappa shape index (κ1) is 17.9. The third kappa shape index (κ3) is 4.39. The van der Waals surface area contributed by atoms with Crippen molar-refractivity contribution < 1.29 is 14.3 Å². The molecule has 1 aliphatic rings. The summed E-state index contributed by atoms with van der Waals surface area (Å²) in [5, 5.41) is 2.91. The van der Waals surface area contributed by atoms with Gasteiger partial charge in [0.15, 0.2) is 0 Å².